The summed E-state index contributed by atoms with van der Waals surface area (Å²) in [4.78, 5) is 39.6. The number of methoxy groups -OCH3 is 1. The Balaban J connectivity index is 1.29. The number of anilines is 2. The number of aryl methyl sites for hydroxylation is 2. The second-order valence-corrected chi connectivity index (χ2v) is 10.3. The molecule has 1 aliphatic heterocycles. The molecule has 0 spiro atoms. The lowest BCUT2D eigenvalue weighted by Crippen LogP contribution is -2.32. The van der Waals surface area contributed by atoms with E-state index in [1.165, 1.54) is 0 Å². The number of para-hydroxylation sites is 1. The number of rotatable bonds is 10. The van der Waals surface area contributed by atoms with Gasteiger partial charge in [-0.2, -0.15) is 0 Å². The molecule has 1 heterocycles. The first kappa shape index (κ1) is 28.2. The Labute approximate surface area is 236 Å². The van der Waals surface area contributed by atoms with Crippen molar-refractivity contribution in [1.82, 2.24) is 5.32 Å². The second kappa shape index (κ2) is 12.8. The summed E-state index contributed by atoms with van der Waals surface area (Å²) in [5.74, 6) is 0.232. The zero-order chi connectivity index (χ0) is 27.9. The number of nitrogens with one attached hydrogen (secondary N) is 2. The van der Waals surface area contributed by atoms with Crippen molar-refractivity contribution in [2.75, 3.05) is 30.5 Å². The fourth-order valence-corrected chi connectivity index (χ4v) is 5.25. The van der Waals surface area contributed by atoms with Crippen molar-refractivity contribution < 1.29 is 23.9 Å². The van der Waals surface area contributed by atoms with Crippen LogP contribution in [0.1, 0.15) is 30.0 Å². The lowest BCUT2D eigenvalue weighted by atomic mass is 10.1. The Morgan fingerprint density at radius 2 is 1.82 bits per heavy atom. The van der Waals surface area contributed by atoms with Gasteiger partial charge >= 0.3 is 0 Å². The third-order valence-electron chi connectivity index (χ3n) is 6.69. The molecule has 1 aliphatic rings. The highest BCUT2D eigenvalue weighted by molar-refractivity contribution is 9.10. The Hall–Kier alpha value is -3.85. The molecule has 39 heavy (non-hydrogen) atoms. The highest BCUT2D eigenvalue weighted by Gasteiger charge is 2.35. The van der Waals surface area contributed by atoms with Crippen LogP contribution in [0.2, 0.25) is 0 Å². The Kier molecular flexibility index (Phi) is 9.24. The van der Waals surface area contributed by atoms with Crippen molar-refractivity contribution in [2.45, 2.75) is 33.2 Å². The van der Waals surface area contributed by atoms with Gasteiger partial charge in [0.25, 0.3) is 5.91 Å². The predicted molar refractivity (Wildman–Crippen MR) is 154 cm³/mol. The standard InChI is InChI=1S/C30H32BrN3O5/c1-4-20-14-23(31)13-19(2)29(20)33-27(35)18-39-25-11-9-24(10-12-25)34-17-22(15-28(34)36)30(37)32-16-21-7-5-6-8-26(21)38-3/h5-14,22H,4,15-18H2,1-3H3,(H,32,37)(H,33,35)/t22-/m0/s1. The molecule has 0 radical (unpaired) electrons. The number of hydrogen-bond donors (Lipinski definition) is 2. The van der Waals surface area contributed by atoms with Gasteiger partial charge in [-0.15, -0.1) is 0 Å². The van der Waals surface area contributed by atoms with Crippen LogP contribution >= 0.6 is 15.9 Å². The smallest absolute Gasteiger partial charge is 0.262 e. The van der Waals surface area contributed by atoms with Crippen LogP contribution in [-0.4, -0.2) is 38.0 Å². The molecule has 1 fully saturated rings. The molecule has 8 nitrogen and oxygen atoms in total. The summed E-state index contributed by atoms with van der Waals surface area (Å²) in [5.41, 5.74) is 4.37. The summed E-state index contributed by atoms with van der Waals surface area (Å²) in [7, 11) is 1.59. The van der Waals surface area contributed by atoms with Crippen molar-refractivity contribution in [3.05, 3.63) is 81.8 Å². The van der Waals surface area contributed by atoms with E-state index in [0.717, 1.165) is 33.3 Å². The molecule has 3 aromatic carbocycles. The lowest BCUT2D eigenvalue weighted by Gasteiger charge is -2.18. The van der Waals surface area contributed by atoms with E-state index in [4.69, 9.17) is 9.47 Å². The number of halogens is 1. The van der Waals surface area contributed by atoms with Crippen LogP contribution in [0.15, 0.2) is 65.1 Å². The largest absolute Gasteiger partial charge is 0.496 e. The van der Waals surface area contributed by atoms with Gasteiger partial charge in [-0.1, -0.05) is 41.1 Å². The molecule has 0 aromatic heterocycles. The van der Waals surface area contributed by atoms with Gasteiger partial charge in [0.15, 0.2) is 6.61 Å². The maximum Gasteiger partial charge on any atom is 0.262 e. The molecule has 204 valence electrons. The maximum atomic E-state index is 12.8. The normalized spacial score (nSPS) is 14.7. The van der Waals surface area contributed by atoms with Crippen molar-refractivity contribution in [2.24, 2.45) is 5.92 Å². The number of ether oxygens (including phenoxy) is 2. The minimum Gasteiger partial charge on any atom is -0.496 e. The fraction of sp³-hybridized carbons (Fsp3) is 0.300. The highest BCUT2D eigenvalue weighted by atomic mass is 79.9. The summed E-state index contributed by atoms with van der Waals surface area (Å²) in [5, 5.41) is 5.87. The van der Waals surface area contributed by atoms with Crippen molar-refractivity contribution in [3.63, 3.8) is 0 Å². The summed E-state index contributed by atoms with van der Waals surface area (Å²) >= 11 is 3.49. The molecule has 2 N–H and O–H groups in total. The summed E-state index contributed by atoms with van der Waals surface area (Å²) in [6, 6.07) is 18.4. The van der Waals surface area contributed by atoms with E-state index in [2.05, 4.69) is 26.6 Å². The summed E-state index contributed by atoms with van der Waals surface area (Å²) in [6.07, 6.45) is 0.934. The van der Waals surface area contributed by atoms with Crippen LogP contribution in [0.3, 0.4) is 0 Å². The number of nitrogens with zero attached hydrogens (tertiary/aromatic N) is 1. The van der Waals surface area contributed by atoms with Gasteiger partial charge in [0, 0.05) is 40.9 Å². The molecule has 4 rings (SSSR count). The molecule has 1 saturated heterocycles. The Morgan fingerprint density at radius 1 is 1.08 bits per heavy atom. The average Bonchev–Trinajstić information content (AvgIpc) is 3.33. The minimum atomic E-state index is -0.443. The first-order chi connectivity index (χ1) is 18.8. The molecule has 3 amide bonds. The average molecular weight is 595 g/mol. The number of carbonyl (C=O) groups excluding carboxylic acids is 3. The topological polar surface area (TPSA) is 97.0 Å². The predicted octanol–water partition coefficient (Wildman–Crippen LogP) is 5.02. The SMILES string of the molecule is CCc1cc(Br)cc(C)c1NC(=O)COc1ccc(N2C[C@@H](C(=O)NCc3ccccc3OC)CC2=O)cc1. The van der Waals surface area contributed by atoms with E-state index >= 15 is 0 Å². The molecular formula is C30H32BrN3O5. The molecule has 0 bridgehead atoms. The summed E-state index contributed by atoms with van der Waals surface area (Å²) in [6.45, 7) is 4.47. The number of hydrogen-bond acceptors (Lipinski definition) is 5. The van der Waals surface area contributed by atoms with Gasteiger partial charge in [-0.25, -0.2) is 0 Å². The Morgan fingerprint density at radius 3 is 2.54 bits per heavy atom. The lowest BCUT2D eigenvalue weighted by molar-refractivity contribution is -0.126. The van der Waals surface area contributed by atoms with Crippen LogP contribution in [0.25, 0.3) is 0 Å². The zero-order valence-electron chi connectivity index (χ0n) is 22.3. The van der Waals surface area contributed by atoms with E-state index in [0.29, 0.717) is 30.3 Å². The van der Waals surface area contributed by atoms with E-state index in [1.54, 1.807) is 36.3 Å². The first-order valence-electron chi connectivity index (χ1n) is 12.8. The Bertz CT molecular complexity index is 1360. The van der Waals surface area contributed by atoms with E-state index in [1.807, 2.05) is 50.2 Å². The summed E-state index contributed by atoms with van der Waals surface area (Å²) < 4.78 is 12.0. The maximum absolute atomic E-state index is 12.8. The monoisotopic (exact) mass is 593 g/mol. The fourth-order valence-electron chi connectivity index (χ4n) is 4.63. The van der Waals surface area contributed by atoms with Crippen LogP contribution in [-0.2, 0) is 27.3 Å². The third-order valence-corrected chi connectivity index (χ3v) is 7.14. The first-order valence-corrected chi connectivity index (χ1v) is 13.6. The van der Waals surface area contributed by atoms with Crippen LogP contribution in [0.5, 0.6) is 11.5 Å². The van der Waals surface area contributed by atoms with E-state index in [-0.39, 0.29) is 30.7 Å². The van der Waals surface area contributed by atoms with Gasteiger partial charge in [0.05, 0.1) is 13.0 Å². The van der Waals surface area contributed by atoms with Crippen molar-refractivity contribution in [3.8, 4) is 11.5 Å². The zero-order valence-corrected chi connectivity index (χ0v) is 23.8. The third kappa shape index (κ3) is 6.97. The highest BCUT2D eigenvalue weighted by Crippen LogP contribution is 2.28. The molecule has 9 heteroatoms. The van der Waals surface area contributed by atoms with Crippen LogP contribution in [0, 0.1) is 12.8 Å². The van der Waals surface area contributed by atoms with Crippen molar-refractivity contribution >= 4 is 45.0 Å². The van der Waals surface area contributed by atoms with Gasteiger partial charge < -0.3 is 25.0 Å². The molecule has 0 aliphatic carbocycles. The molecule has 3 aromatic rings. The van der Waals surface area contributed by atoms with E-state index < -0.39 is 5.92 Å². The van der Waals surface area contributed by atoms with Gasteiger partial charge in [-0.3, -0.25) is 14.4 Å². The van der Waals surface area contributed by atoms with Gasteiger partial charge in [0.2, 0.25) is 11.8 Å². The van der Waals surface area contributed by atoms with E-state index in [9.17, 15) is 14.4 Å². The van der Waals surface area contributed by atoms with Gasteiger partial charge in [0.1, 0.15) is 11.5 Å². The molecule has 1 atom stereocenters. The number of benzene rings is 3. The quantitative estimate of drug-likeness (QED) is 0.344. The van der Waals surface area contributed by atoms with Crippen LogP contribution < -0.4 is 25.0 Å². The number of amides is 3. The minimum absolute atomic E-state index is 0.114. The van der Waals surface area contributed by atoms with Crippen molar-refractivity contribution in [1.29, 1.82) is 0 Å². The number of carbonyl (C=O) groups is 3. The van der Waals surface area contributed by atoms with Crippen LogP contribution in [0.4, 0.5) is 11.4 Å². The molecule has 0 saturated carbocycles. The van der Waals surface area contributed by atoms with Gasteiger partial charge in [-0.05, 0) is 66.9 Å². The second-order valence-electron chi connectivity index (χ2n) is 9.38. The molecular weight excluding hydrogens is 562 g/mol. The molecule has 0 unspecified atom stereocenters.